The van der Waals surface area contributed by atoms with Gasteiger partial charge in [0, 0.05) is 22.2 Å². The van der Waals surface area contributed by atoms with E-state index in [1.165, 1.54) is 0 Å². The Balaban J connectivity index is 0.00000338. The van der Waals surface area contributed by atoms with Crippen LogP contribution in [-0.2, 0) is 13.2 Å². The smallest absolute Gasteiger partial charge is 0.161 e. The molecule has 2 rings (SSSR count). The minimum atomic E-state index is 0. The van der Waals surface area contributed by atoms with Gasteiger partial charge in [-0.05, 0) is 56.4 Å². The minimum Gasteiger partial charge on any atom is -0.493 e. The summed E-state index contributed by atoms with van der Waals surface area (Å²) in [6.07, 6.45) is 1.09. The number of methoxy groups -OCH3 is 1. The molecule has 0 aliphatic rings. The van der Waals surface area contributed by atoms with Gasteiger partial charge in [0.05, 0.1) is 7.11 Å². The van der Waals surface area contributed by atoms with Crippen LogP contribution in [0.25, 0.3) is 0 Å². The number of halogens is 4. The van der Waals surface area contributed by atoms with Crippen molar-refractivity contribution < 1.29 is 9.47 Å². The molecular formula is C19H26Cl4N2O2. The van der Waals surface area contributed by atoms with E-state index < -0.39 is 0 Å². The van der Waals surface area contributed by atoms with Crippen molar-refractivity contribution in [1.82, 2.24) is 10.6 Å². The van der Waals surface area contributed by atoms with E-state index in [1.54, 1.807) is 19.2 Å². The number of nitrogens with one attached hydrogen (secondary N) is 2. The number of benzene rings is 2. The molecule has 0 aliphatic carbocycles. The van der Waals surface area contributed by atoms with Gasteiger partial charge in [-0.2, -0.15) is 0 Å². The van der Waals surface area contributed by atoms with Gasteiger partial charge in [0.25, 0.3) is 0 Å². The SMILES string of the molecule is CNCCCNCc1ccc(OCc2c(Cl)cccc2Cl)c(OC)c1.Cl.Cl. The summed E-state index contributed by atoms with van der Waals surface area (Å²) in [6.45, 7) is 3.05. The Hall–Kier alpha value is -0.880. The third-order valence-corrected chi connectivity index (χ3v) is 4.48. The van der Waals surface area contributed by atoms with Gasteiger partial charge in [-0.15, -0.1) is 24.8 Å². The van der Waals surface area contributed by atoms with Gasteiger partial charge in [0.1, 0.15) is 6.61 Å². The van der Waals surface area contributed by atoms with E-state index in [2.05, 4.69) is 10.6 Å². The molecule has 27 heavy (non-hydrogen) atoms. The van der Waals surface area contributed by atoms with Gasteiger partial charge < -0.3 is 20.1 Å². The van der Waals surface area contributed by atoms with Crippen molar-refractivity contribution in [2.75, 3.05) is 27.2 Å². The van der Waals surface area contributed by atoms with Crippen molar-refractivity contribution in [3.8, 4) is 11.5 Å². The first-order valence-corrected chi connectivity index (χ1v) is 8.99. The number of rotatable bonds is 10. The van der Waals surface area contributed by atoms with Crippen LogP contribution in [0.2, 0.25) is 10.0 Å². The maximum atomic E-state index is 6.18. The average molecular weight is 456 g/mol. The summed E-state index contributed by atoms with van der Waals surface area (Å²) >= 11 is 12.4. The first-order chi connectivity index (χ1) is 12.2. The zero-order valence-corrected chi connectivity index (χ0v) is 18.5. The van der Waals surface area contributed by atoms with Crippen LogP contribution in [0.1, 0.15) is 17.5 Å². The fraction of sp³-hybridized carbons (Fsp3) is 0.368. The van der Waals surface area contributed by atoms with E-state index in [9.17, 15) is 0 Å². The molecule has 0 atom stereocenters. The van der Waals surface area contributed by atoms with Crippen molar-refractivity contribution >= 4 is 48.0 Å². The highest BCUT2D eigenvalue weighted by atomic mass is 35.5. The molecule has 0 aromatic heterocycles. The molecular weight excluding hydrogens is 430 g/mol. The topological polar surface area (TPSA) is 42.5 Å². The van der Waals surface area contributed by atoms with Crippen LogP contribution in [0.3, 0.4) is 0 Å². The molecule has 0 fully saturated rings. The second kappa shape index (κ2) is 14.2. The first kappa shape index (κ1) is 26.1. The second-order valence-corrected chi connectivity index (χ2v) is 6.42. The summed E-state index contributed by atoms with van der Waals surface area (Å²) in [5, 5.41) is 7.72. The van der Waals surface area contributed by atoms with Crippen molar-refractivity contribution in [3.63, 3.8) is 0 Å². The molecule has 0 bridgehead atoms. The molecule has 0 amide bonds. The Morgan fingerprint density at radius 2 is 1.67 bits per heavy atom. The van der Waals surface area contributed by atoms with E-state index in [1.807, 2.05) is 31.3 Å². The zero-order chi connectivity index (χ0) is 18.1. The summed E-state index contributed by atoms with van der Waals surface area (Å²) in [6, 6.07) is 11.3. The van der Waals surface area contributed by atoms with Crippen LogP contribution in [0.5, 0.6) is 11.5 Å². The fourth-order valence-electron chi connectivity index (χ4n) is 2.38. The molecule has 2 N–H and O–H groups in total. The lowest BCUT2D eigenvalue weighted by Crippen LogP contribution is -2.19. The molecule has 0 unspecified atom stereocenters. The fourth-order valence-corrected chi connectivity index (χ4v) is 2.89. The zero-order valence-electron chi connectivity index (χ0n) is 15.4. The van der Waals surface area contributed by atoms with E-state index in [0.717, 1.165) is 37.2 Å². The van der Waals surface area contributed by atoms with Gasteiger partial charge in [0.2, 0.25) is 0 Å². The predicted octanol–water partition coefficient (Wildman–Crippen LogP) is 5.12. The molecule has 0 heterocycles. The lowest BCUT2D eigenvalue weighted by Gasteiger charge is -2.14. The molecule has 0 aliphatic heterocycles. The molecule has 2 aromatic rings. The third kappa shape index (κ3) is 8.34. The van der Waals surface area contributed by atoms with Gasteiger partial charge in [-0.1, -0.05) is 35.3 Å². The maximum Gasteiger partial charge on any atom is 0.161 e. The van der Waals surface area contributed by atoms with Crippen molar-refractivity contribution in [2.45, 2.75) is 19.6 Å². The Morgan fingerprint density at radius 1 is 0.963 bits per heavy atom. The van der Waals surface area contributed by atoms with Gasteiger partial charge >= 0.3 is 0 Å². The number of ether oxygens (including phenoxy) is 2. The quantitative estimate of drug-likeness (QED) is 0.487. The van der Waals surface area contributed by atoms with Crippen molar-refractivity contribution in [3.05, 3.63) is 57.6 Å². The second-order valence-electron chi connectivity index (χ2n) is 5.61. The Kier molecular flexibility index (Phi) is 13.7. The third-order valence-electron chi connectivity index (χ3n) is 3.77. The lowest BCUT2D eigenvalue weighted by atomic mass is 10.2. The van der Waals surface area contributed by atoms with Gasteiger partial charge in [-0.3, -0.25) is 0 Å². The summed E-state index contributed by atoms with van der Waals surface area (Å²) in [4.78, 5) is 0. The molecule has 4 nitrogen and oxygen atoms in total. The molecule has 8 heteroatoms. The van der Waals surface area contributed by atoms with E-state index in [0.29, 0.717) is 21.5 Å². The van der Waals surface area contributed by atoms with Crippen molar-refractivity contribution in [2.24, 2.45) is 0 Å². The standard InChI is InChI=1S/C19H24Cl2N2O2.2ClH/c1-22-9-4-10-23-12-14-7-8-18(19(11-14)24-2)25-13-15-16(20)5-3-6-17(15)21;;/h3,5-8,11,22-23H,4,9-10,12-13H2,1-2H3;2*1H. The van der Waals surface area contributed by atoms with E-state index in [-0.39, 0.29) is 31.4 Å². The minimum absolute atomic E-state index is 0. The largest absolute Gasteiger partial charge is 0.493 e. The van der Waals surface area contributed by atoms with E-state index in [4.69, 9.17) is 32.7 Å². The molecule has 152 valence electrons. The molecule has 0 spiro atoms. The molecule has 0 radical (unpaired) electrons. The lowest BCUT2D eigenvalue weighted by molar-refractivity contribution is 0.284. The maximum absolute atomic E-state index is 6.18. The monoisotopic (exact) mass is 454 g/mol. The van der Waals surface area contributed by atoms with Crippen LogP contribution >= 0.6 is 48.0 Å². The Morgan fingerprint density at radius 3 is 2.30 bits per heavy atom. The highest BCUT2D eigenvalue weighted by molar-refractivity contribution is 6.35. The van der Waals surface area contributed by atoms with Crippen LogP contribution in [-0.4, -0.2) is 27.2 Å². The van der Waals surface area contributed by atoms with Crippen LogP contribution in [0, 0.1) is 0 Å². The number of hydrogen-bond acceptors (Lipinski definition) is 4. The summed E-state index contributed by atoms with van der Waals surface area (Å²) in [7, 11) is 3.59. The van der Waals surface area contributed by atoms with Crippen LogP contribution in [0.4, 0.5) is 0 Å². The number of hydrogen-bond donors (Lipinski definition) is 2. The van der Waals surface area contributed by atoms with Crippen LogP contribution in [0.15, 0.2) is 36.4 Å². The summed E-state index contributed by atoms with van der Waals surface area (Å²) < 4.78 is 11.3. The normalized spacial score (nSPS) is 9.93. The molecule has 0 saturated heterocycles. The molecule has 0 saturated carbocycles. The van der Waals surface area contributed by atoms with Crippen molar-refractivity contribution in [1.29, 1.82) is 0 Å². The van der Waals surface area contributed by atoms with Crippen LogP contribution < -0.4 is 20.1 Å². The van der Waals surface area contributed by atoms with Gasteiger partial charge in [-0.25, -0.2) is 0 Å². The highest BCUT2D eigenvalue weighted by Crippen LogP contribution is 2.31. The van der Waals surface area contributed by atoms with E-state index >= 15 is 0 Å². The summed E-state index contributed by atoms with van der Waals surface area (Å²) in [5.41, 5.74) is 1.91. The predicted molar refractivity (Wildman–Crippen MR) is 119 cm³/mol. The molecule has 2 aromatic carbocycles. The highest BCUT2D eigenvalue weighted by Gasteiger charge is 2.10. The Bertz CT molecular complexity index is 667. The Labute approximate surface area is 183 Å². The summed E-state index contributed by atoms with van der Waals surface area (Å²) in [5.74, 6) is 1.36. The first-order valence-electron chi connectivity index (χ1n) is 8.23. The average Bonchev–Trinajstić information content (AvgIpc) is 2.61. The van der Waals surface area contributed by atoms with Gasteiger partial charge in [0.15, 0.2) is 11.5 Å².